The molecular weight excluding hydrogens is 364 g/mol. The quantitative estimate of drug-likeness (QED) is 0.594. The van der Waals surface area contributed by atoms with E-state index in [1.54, 1.807) is 44.7 Å². The van der Waals surface area contributed by atoms with Gasteiger partial charge in [0.2, 0.25) is 5.95 Å². The third-order valence-electron chi connectivity index (χ3n) is 3.91. The second-order valence-electron chi connectivity index (χ2n) is 5.76. The lowest BCUT2D eigenvalue weighted by Crippen LogP contribution is -2.09. The van der Waals surface area contributed by atoms with Gasteiger partial charge in [-0.2, -0.15) is 4.98 Å². The Morgan fingerprint density at radius 3 is 2.74 bits per heavy atom. The zero-order valence-corrected chi connectivity index (χ0v) is 16.0. The van der Waals surface area contributed by atoms with Crippen LogP contribution in [0.25, 0.3) is 0 Å². The van der Waals surface area contributed by atoms with Gasteiger partial charge < -0.3 is 20.1 Å². The van der Waals surface area contributed by atoms with Crippen LogP contribution < -0.4 is 20.1 Å². The van der Waals surface area contributed by atoms with Crippen LogP contribution in [-0.4, -0.2) is 30.7 Å². The molecule has 3 rings (SSSR count). The Morgan fingerprint density at radius 2 is 1.93 bits per heavy atom. The first-order valence-corrected chi connectivity index (χ1v) is 8.86. The monoisotopic (exact) mass is 384 g/mol. The number of hydrogen-bond acceptors (Lipinski definition) is 6. The first-order chi connectivity index (χ1) is 13.2. The summed E-state index contributed by atoms with van der Waals surface area (Å²) in [4.78, 5) is 8.74. The molecule has 140 valence electrons. The molecule has 0 saturated carbocycles. The summed E-state index contributed by atoms with van der Waals surface area (Å²) >= 11 is 6.07. The molecule has 7 heteroatoms. The molecule has 0 aliphatic rings. The lowest BCUT2D eigenvalue weighted by Gasteiger charge is -2.12. The fourth-order valence-electron chi connectivity index (χ4n) is 2.58. The first kappa shape index (κ1) is 18.8. The minimum atomic E-state index is 0.545. The molecule has 0 unspecified atom stereocenters. The van der Waals surface area contributed by atoms with E-state index in [9.17, 15) is 0 Å². The Hall–Kier alpha value is -2.99. The maximum atomic E-state index is 6.07. The summed E-state index contributed by atoms with van der Waals surface area (Å²) in [6, 6.07) is 15.1. The number of halogens is 1. The van der Waals surface area contributed by atoms with E-state index in [4.69, 9.17) is 21.1 Å². The molecule has 0 radical (unpaired) electrons. The number of rotatable bonds is 8. The smallest absolute Gasteiger partial charge is 0.224 e. The minimum absolute atomic E-state index is 0.545. The van der Waals surface area contributed by atoms with Crippen molar-refractivity contribution in [3.8, 4) is 11.5 Å². The molecule has 27 heavy (non-hydrogen) atoms. The molecule has 2 aromatic carbocycles. The van der Waals surface area contributed by atoms with Gasteiger partial charge in [-0.1, -0.05) is 23.7 Å². The van der Waals surface area contributed by atoms with Gasteiger partial charge in [-0.05, 0) is 48.4 Å². The van der Waals surface area contributed by atoms with Crippen LogP contribution in [0, 0.1) is 0 Å². The molecule has 0 aliphatic heterocycles. The maximum Gasteiger partial charge on any atom is 0.224 e. The average molecular weight is 385 g/mol. The van der Waals surface area contributed by atoms with Crippen molar-refractivity contribution < 1.29 is 9.47 Å². The number of nitrogens with zero attached hydrogens (tertiary/aromatic N) is 2. The molecule has 3 aromatic rings. The topological polar surface area (TPSA) is 68.3 Å². The van der Waals surface area contributed by atoms with E-state index in [1.807, 2.05) is 18.2 Å². The van der Waals surface area contributed by atoms with Crippen LogP contribution in [0.5, 0.6) is 11.5 Å². The largest absolute Gasteiger partial charge is 0.497 e. The normalized spacial score (nSPS) is 10.3. The number of aromatic nitrogens is 2. The molecule has 0 atom stereocenters. The Balaban J connectivity index is 1.63. The van der Waals surface area contributed by atoms with E-state index in [0.29, 0.717) is 29.1 Å². The van der Waals surface area contributed by atoms with Gasteiger partial charge in [-0.15, -0.1) is 0 Å². The zero-order chi connectivity index (χ0) is 19.1. The second-order valence-corrected chi connectivity index (χ2v) is 6.20. The number of methoxy groups -OCH3 is 2. The van der Waals surface area contributed by atoms with E-state index >= 15 is 0 Å². The van der Waals surface area contributed by atoms with E-state index in [2.05, 4.69) is 26.7 Å². The summed E-state index contributed by atoms with van der Waals surface area (Å²) in [7, 11) is 3.28. The molecule has 0 spiro atoms. The van der Waals surface area contributed by atoms with Crippen molar-refractivity contribution >= 4 is 29.1 Å². The fourth-order valence-corrected chi connectivity index (χ4v) is 2.75. The lowest BCUT2D eigenvalue weighted by atomic mass is 10.1. The summed E-state index contributed by atoms with van der Waals surface area (Å²) in [5, 5.41) is 7.06. The van der Waals surface area contributed by atoms with Crippen LogP contribution in [-0.2, 0) is 6.42 Å². The molecule has 0 fully saturated rings. The van der Waals surface area contributed by atoms with Crippen LogP contribution in [0.1, 0.15) is 5.56 Å². The number of anilines is 3. The molecule has 1 heterocycles. The molecule has 0 aliphatic carbocycles. The van der Waals surface area contributed by atoms with Crippen LogP contribution in [0.15, 0.2) is 54.7 Å². The number of nitrogens with one attached hydrogen (secondary N) is 2. The van der Waals surface area contributed by atoms with Crippen molar-refractivity contribution in [2.45, 2.75) is 6.42 Å². The molecular formula is C20H21ClN4O2. The van der Waals surface area contributed by atoms with Gasteiger partial charge in [-0.3, -0.25) is 0 Å². The van der Waals surface area contributed by atoms with Crippen molar-refractivity contribution in [3.05, 3.63) is 65.3 Å². The Labute approximate surface area is 163 Å². The molecule has 6 nitrogen and oxygen atoms in total. The van der Waals surface area contributed by atoms with Crippen LogP contribution >= 0.6 is 11.6 Å². The standard InChI is InChI=1S/C20H21ClN4O2/c1-26-16-5-3-4-14(12-16)8-10-22-20-23-11-9-19(25-20)24-17-13-15(21)6-7-18(17)27-2/h3-7,9,11-13H,8,10H2,1-2H3,(H2,22,23,24,25). The van der Waals surface area contributed by atoms with Gasteiger partial charge >= 0.3 is 0 Å². The highest BCUT2D eigenvalue weighted by Crippen LogP contribution is 2.30. The summed E-state index contributed by atoms with van der Waals surface area (Å²) in [6.07, 6.45) is 2.53. The highest BCUT2D eigenvalue weighted by atomic mass is 35.5. The van der Waals surface area contributed by atoms with Gasteiger partial charge in [0.1, 0.15) is 17.3 Å². The summed E-state index contributed by atoms with van der Waals surface area (Å²) in [5.41, 5.74) is 1.92. The lowest BCUT2D eigenvalue weighted by molar-refractivity contribution is 0.414. The second kappa shape index (κ2) is 9.09. The van der Waals surface area contributed by atoms with Gasteiger partial charge in [0.05, 0.1) is 19.9 Å². The molecule has 2 N–H and O–H groups in total. The Kier molecular flexibility index (Phi) is 6.33. The van der Waals surface area contributed by atoms with Crippen molar-refractivity contribution in [1.82, 2.24) is 9.97 Å². The number of ether oxygens (including phenoxy) is 2. The molecule has 0 saturated heterocycles. The van der Waals surface area contributed by atoms with E-state index in [-0.39, 0.29) is 0 Å². The predicted octanol–water partition coefficient (Wildman–Crippen LogP) is 4.55. The Morgan fingerprint density at radius 1 is 1.04 bits per heavy atom. The highest BCUT2D eigenvalue weighted by molar-refractivity contribution is 6.31. The van der Waals surface area contributed by atoms with Gasteiger partial charge in [-0.25, -0.2) is 4.98 Å². The third kappa shape index (κ3) is 5.24. The first-order valence-electron chi connectivity index (χ1n) is 8.48. The van der Waals surface area contributed by atoms with Crippen molar-refractivity contribution in [2.24, 2.45) is 0 Å². The van der Waals surface area contributed by atoms with E-state index in [1.165, 1.54) is 5.56 Å². The molecule has 1 aromatic heterocycles. The highest BCUT2D eigenvalue weighted by Gasteiger charge is 2.06. The zero-order valence-electron chi connectivity index (χ0n) is 15.2. The summed E-state index contributed by atoms with van der Waals surface area (Å²) < 4.78 is 10.6. The van der Waals surface area contributed by atoms with Crippen LogP contribution in [0.2, 0.25) is 5.02 Å². The SMILES string of the molecule is COc1cccc(CCNc2nccc(Nc3cc(Cl)ccc3OC)n2)c1. The number of benzene rings is 2. The van der Waals surface area contributed by atoms with Crippen LogP contribution in [0.4, 0.5) is 17.5 Å². The fraction of sp³-hybridized carbons (Fsp3) is 0.200. The van der Waals surface area contributed by atoms with Gasteiger partial charge in [0.25, 0.3) is 0 Å². The summed E-state index contributed by atoms with van der Waals surface area (Å²) in [5.74, 6) is 2.73. The van der Waals surface area contributed by atoms with E-state index < -0.39 is 0 Å². The van der Waals surface area contributed by atoms with Crippen molar-refractivity contribution in [3.63, 3.8) is 0 Å². The third-order valence-corrected chi connectivity index (χ3v) is 4.15. The summed E-state index contributed by atoms with van der Waals surface area (Å²) in [6.45, 7) is 0.705. The average Bonchev–Trinajstić information content (AvgIpc) is 2.69. The Bertz CT molecular complexity index is 905. The van der Waals surface area contributed by atoms with E-state index in [0.717, 1.165) is 17.9 Å². The molecule has 0 bridgehead atoms. The van der Waals surface area contributed by atoms with Crippen molar-refractivity contribution in [1.29, 1.82) is 0 Å². The van der Waals surface area contributed by atoms with Gasteiger partial charge in [0, 0.05) is 17.8 Å². The number of hydrogen-bond donors (Lipinski definition) is 2. The predicted molar refractivity (Wildman–Crippen MR) is 109 cm³/mol. The van der Waals surface area contributed by atoms with Crippen molar-refractivity contribution in [2.75, 3.05) is 31.4 Å². The maximum absolute atomic E-state index is 6.07. The molecule has 0 amide bonds. The minimum Gasteiger partial charge on any atom is -0.497 e. The van der Waals surface area contributed by atoms with Gasteiger partial charge in [0.15, 0.2) is 0 Å². The van der Waals surface area contributed by atoms with Crippen LogP contribution in [0.3, 0.4) is 0 Å².